The van der Waals surface area contributed by atoms with Crippen molar-refractivity contribution in [3.63, 3.8) is 0 Å². The minimum absolute atomic E-state index is 0.00624. The van der Waals surface area contributed by atoms with E-state index in [1.54, 1.807) is 34.9 Å². The first-order valence-corrected chi connectivity index (χ1v) is 14.7. The number of aromatic nitrogens is 3. The van der Waals surface area contributed by atoms with Gasteiger partial charge in [-0.1, -0.05) is 12.1 Å². The zero-order valence-electron chi connectivity index (χ0n) is 19.6. The smallest absolute Gasteiger partial charge is 0.261 e. The van der Waals surface area contributed by atoms with Crippen molar-refractivity contribution in [3.05, 3.63) is 35.7 Å². The van der Waals surface area contributed by atoms with Crippen LogP contribution in [0.3, 0.4) is 0 Å². The van der Waals surface area contributed by atoms with Gasteiger partial charge in [-0.2, -0.15) is 0 Å². The van der Waals surface area contributed by atoms with Gasteiger partial charge in [-0.25, -0.2) is 0 Å². The fourth-order valence-corrected chi connectivity index (χ4v) is 8.36. The molecule has 0 saturated carbocycles. The van der Waals surface area contributed by atoms with E-state index in [0.717, 1.165) is 5.69 Å². The Morgan fingerprint density at radius 3 is 2.79 bits per heavy atom. The molecule has 2 N–H and O–H groups in total. The summed E-state index contributed by atoms with van der Waals surface area (Å²) >= 11 is 0. The molecule has 1 aromatic carbocycles. The van der Waals surface area contributed by atoms with Crippen LogP contribution in [-0.2, 0) is 32.9 Å². The van der Waals surface area contributed by atoms with Gasteiger partial charge < -0.3 is 24.2 Å². The first kappa shape index (κ1) is 23.1. The van der Waals surface area contributed by atoms with Crippen molar-refractivity contribution in [1.82, 2.24) is 15.0 Å². The van der Waals surface area contributed by atoms with Gasteiger partial charge in [-0.15, -0.1) is 5.10 Å². The first-order valence-electron chi connectivity index (χ1n) is 11.8. The maximum absolute atomic E-state index is 15.7. The van der Waals surface area contributed by atoms with Crippen LogP contribution in [0.1, 0.15) is 31.0 Å². The van der Waals surface area contributed by atoms with Gasteiger partial charge in [0.05, 0.1) is 11.8 Å². The quantitative estimate of drug-likeness (QED) is 0.353. The summed E-state index contributed by atoms with van der Waals surface area (Å²) in [6.07, 6.45) is 2.71. The van der Waals surface area contributed by atoms with Crippen LogP contribution in [0.5, 0.6) is 0 Å². The van der Waals surface area contributed by atoms with Crippen molar-refractivity contribution < 1.29 is 23.5 Å². The summed E-state index contributed by atoms with van der Waals surface area (Å²) in [7, 11) is -3.23. The summed E-state index contributed by atoms with van der Waals surface area (Å²) in [5.41, 5.74) is 1.05. The summed E-state index contributed by atoms with van der Waals surface area (Å²) in [6, 6.07) is 5.48. The number of fused-ring (bicyclic) bond motifs is 2. The number of nitrogens with zero attached hydrogens (tertiary/aromatic N) is 4. The molecule has 34 heavy (non-hydrogen) atoms. The molecule has 9 nitrogen and oxygen atoms in total. The summed E-state index contributed by atoms with van der Waals surface area (Å²) in [5, 5.41) is 20.2. The minimum Gasteiger partial charge on any atom is -0.396 e. The molecular formula is C23H30FN5O4Si. The number of hydrogen-bond acceptors (Lipinski definition) is 6. The van der Waals surface area contributed by atoms with Crippen molar-refractivity contribution in [3.8, 4) is 0 Å². The molecule has 0 bridgehead atoms. The molecule has 2 amide bonds. The van der Waals surface area contributed by atoms with Crippen LogP contribution in [-0.4, -0.2) is 59.6 Å². The standard InChI is InChI=1S/C23H30FN5O4Si/c1-14-21(34(2,3)24)19(6-9-28-13-15(8-11-30)26-27-28)33-23(14)17-12-16(29-10-7-20(29)31)4-5-18(17)25-22(23)32/h4-5,12-14,19,21,30H,6-11H2,1-3H3,(H,25,32)/t14-,19+,21-,23+/m1/s1. The van der Waals surface area contributed by atoms with Gasteiger partial charge in [0, 0.05) is 67.1 Å². The number of aliphatic hydroxyl groups is 1. The molecule has 0 unspecified atom stereocenters. The summed E-state index contributed by atoms with van der Waals surface area (Å²) in [6.45, 7) is 6.35. The number of amides is 2. The van der Waals surface area contributed by atoms with Crippen molar-refractivity contribution in [1.29, 1.82) is 0 Å². The Balaban J connectivity index is 1.47. The van der Waals surface area contributed by atoms with Crippen molar-refractivity contribution in [2.45, 2.75) is 63.1 Å². The third kappa shape index (κ3) is 3.57. The number of carbonyl (C=O) groups is 2. The fraction of sp³-hybridized carbons (Fsp3) is 0.565. The van der Waals surface area contributed by atoms with Crippen LogP contribution in [0.2, 0.25) is 18.6 Å². The lowest BCUT2D eigenvalue weighted by molar-refractivity contribution is -0.143. The molecule has 182 valence electrons. The van der Waals surface area contributed by atoms with E-state index in [-0.39, 0.29) is 24.3 Å². The highest BCUT2D eigenvalue weighted by Gasteiger charge is 2.65. The average molecular weight is 488 g/mol. The highest BCUT2D eigenvalue weighted by molar-refractivity contribution is 6.72. The number of hydrogen-bond donors (Lipinski definition) is 2. The molecular weight excluding hydrogens is 457 g/mol. The van der Waals surface area contributed by atoms with Gasteiger partial charge in [0.25, 0.3) is 5.91 Å². The lowest BCUT2D eigenvalue weighted by atomic mass is 9.82. The number of benzene rings is 1. The SMILES string of the molecule is C[C@@H]1[C@@H]([Si](C)(C)F)[C@H](CCn2cc(CCO)nn2)O[C@@]12C(=O)Nc1ccc(N3CCC3=O)cc12. The Kier molecular flexibility index (Phi) is 5.61. The number of anilines is 2. The van der Waals surface area contributed by atoms with Crippen molar-refractivity contribution >= 4 is 31.6 Å². The lowest BCUT2D eigenvalue weighted by Crippen LogP contribution is -2.44. The van der Waals surface area contributed by atoms with E-state index in [2.05, 4.69) is 15.6 Å². The molecule has 4 atom stereocenters. The number of rotatable bonds is 7. The Hall–Kier alpha value is -2.63. The summed E-state index contributed by atoms with van der Waals surface area (Å²) in [5.74, 6) is -0.611. The predicted molar refractivity (Wildman–Crippen MR) is 126 cm³/mol. The summed E-state index contributed by atoms with van der Waals surface area (Å²) < 4.78 is 23.9. The van der Waals surface area contributed by atoms with Crippen molar-refractivity contribution in [2.75, 3.05) is 23.4 Å². The number of halogens is 1. The molecule has 1 spiro atoms. The zero-order chi connectivity index (χ0) is 24.3. The Morgan fingerprint density at radius 2 is 2.15 bits per heavy atom. The van der Waals surface area contributed by atoms with E-state index in [1.165, 1.54) is 0 Å². The van der Waals surface area contributed by atoms with Gasteiger partial charge in [-0.05, 0) is 37.7 Å². The van der Waals surface area contributed by atoms with Gasteiger partial charge in [0.15, 0.2) is 5.60 Å². The third-order valence-corrected chi connectivity index (χ3v) is 9.92. The maximum Gasteiger partial charge on any atom is 0.261 e. The van der Waals surface area contributed by atoms with Gasteiger partial charge >= 0.3 is 0 Å². The van der Waals surface area contributed by atoms with Crippen LogP contribution in [0.15, 0.2) is 24.4 Å². The van der Waals surface area contributed by atoms with E-state index in [4.69, 9.17) is 9.84 Å². The first-order chi connectivity index (χ1) is 16.1. The largest absolute Gasteiger partial charge is 0.396 e. The molecule has 3 aliphatic heterocycles. The molecule has 0 radical (unpaired) electrons. The van der Waals surface area contributed by atoms with Crippen LogP contribution in [0.4, 0.5) is 15.5 Å². The molecule has 2 fully saturated rings. The second kappa shape index (κ2) is 8.24. The molecule has 1 aromatic heterocycles. The van der Waals surface area contributed by atoms with Crippen LogP contribution >= 0.6 is 0 Å². The van der Waals surface area contributed by atoms with Crippen LogP contribution in [0, 0.1) is 5.92 Å². The average Bonchev–Trinajstić information content (AvgIpc) is 3.41. The summed E-state index contributed by atoms with van der Waals surface area (Å²) in [4.78, 5) is 27.1. The topological polar surface area (TPSA) is 110 Å². The Morgan fingerprint density at radius 1 is 1.35 bits per heavy atom. The molecule has 2 saturated heterocycles. The number of ether oxygens (including phenoxy) is 1. The molecule has 2 aromatic rings. The van der Waals surface area contributed by atoms with E-state index in [1.807, 2.05) is 19.1 Å². The second-order valence-corrected chi connectivity index (χ2v) is 13.8. The highest BCUT2D eigenvalue weighted by Crippen LogP contribution is 2.59. The van der Waals surface area contributed by atoms with E-state index >= 15 is 4.11 Å². The highest BCUT2D eigenvalue weighted by atomic mass is 28.4. The zero-order valence-corrected chi connectivity index (χ0v) is 20.6. The number of carbonyl (C=O) groups excluding carboxylic acids is 2. The third-order valence-electron chi connectivity index (χ3n) is 7.46. The molecule has 5 rings (SSSR count). The number of β-lactam (4-membered cyclic amide) rings is 1. The number of aryl methyl sites for hydroxylation is 1. The molecule has 4 heterocycles. The lowest BCUT2D eigenvalue weighted by Gasteiger charge is -2.33. The van der Waals surface area contributed by atoms with E-state index in [9.17, 15) is 9.59 Å². The van der Waals surface area contributed by atoms with Crippen LogP contribution in [0.25, 0.3) is 0 Å². The normalized spacial score (nSPS) is 28.4. The Bertz CT molecular complexity index is 1130. The molecule has 3 aliphatic rings. The Labute approximate surface area is 198 Å². The predicted octanol–water partition coefficient (Wildman–Crippen LogP) is 2.37. The van der Waals surface area contributed by atoms with Gasteiger partial charge in [-0.3, -0.25) is 14.3 Å². The molecule has 0 aliphatic carbocycles. The van der Waals surface area contributed by atoms with E-state index in [0.29, 0.717) is 49.3 Å². The number of nitrogens with one attached hydrogen (secondary N) is 1. The number of aliphatic hydroxyl groups excluding tert-OH is 1. The van der Waals surface area contributed by atoms with Crippen LogP contribution < -0.4 is 10.2 Å². The fourth-order valence-electron chi connectivity index (χ4n) is 5.82. The van der Waals surface area contributed by atoms with Crippen molar-refractivity contribution in [2.24, 2.45) is 5.92 Å². The second-order valence-electron chi connectivity index (χ2n) is 9.99. The minimum atomic E-state index is -3.23. The van der Waals surface area contributed by atoms with Gasteiger partial charge in [0.2, 0.25) is 14.3 Å². The van der Waals surface area contributed by atoms with E-state index < -0.39 is 25.7 Å². The van der Waals surface area contributed by atoms with Gasteiger partial charge in [0.1, 0.15) is 0 Å². The maximum atomic E-state index is 15.7. The molecule has 11 heteroatoms. The monoisotopic (exact) mass is 487 g/mol.